The minimum atomic E-state index is 0.488. The smallest absolute Gasteiger partial charge is 0.248 e. The van der Waals surface area contributed by atoms with Crippen molar-refractivity contribution in [3.05, 3.63) is 60.2 Å². The third-order valence-electron chi connectivity index (χ3n) is 2.74. The lowest BCUT2D eigenvalue weighted by Gasteiger charge is -1.95. The van der Waals surface area contributed by atoms with Gasteiger partial charge < -0.3 is 4.42 Å². The average Bonchev–Trinajstić information content (AvgIpc) is 2.98. The molecule has 0 saturated carbocycles. The summed E-state index contributed by atoms with van der Waals surface area (Å²) in [7, 11) is 0. The number of nitrogens with zero attached hydrogens (tertiary/aromatic N) is 2. The first-order chi connectivity index (χ1) is 9.36. The summed E-state index contributed by atoms with van der Waals surface area (Å²) in [4.78, 5) is 0. The maximum Gasteiger partial charge on any atom is 0.248 e. The first-order valence-corrected chi connectivity index (χ1v) is 5.83. The predicted molar refractivity (Wildman–Crippen MR) is 73.1 cm³/mol. The first-order valence-electron chi connectivity index (χ1n) is 5.83. The van der Waals surface area contributed by atoms with Gasteiger partial charge >= 0.3 is 0 Å². The second-order valence-electron chi connectivity index (χ2n) is 4.00. The molecule has 0 N–H and O–H groups in total. The van der Waals surface area contributed by atoms with Gasteiger partial charge in [0.25, 0.3) is 0 Å². The molecule has 0 aliphatic rings. The SMILES string of the molecule is C#Cc1ccc(-c2nnc(-c3ccccc3)o2)cc1. The quantitative estimate of drug-likeness (QED) is 0.650. The van der Waals surface area contributed by atoms with Gasteiger partial charge in [-0.25, -0.2) is 0 Å². The van der Waals surface area contributed by atoms with Gasteiger partial charge in [0.2, 0.25) is 11.8 Å². The molecule has 0 unspecified atom stereocenters. The topological polar surface area (TPSA) is 38.9 Å². The van der Waals surface area contributed by atoms with E-state index in [9.17, 15) is 0 Å². The molecule has 2 aromatic carbocycles. The molecular formula is C16H10N2O. The molecule has 90 valence electrons. The molecule has 0 bridgehead atoms. The molecule has 19 heavy (non-hydrogen) atoms. The minimum Gasteiger partial charge on any atom is -0.416 e. The Morgan fingerprint density at radius 2 is 1.37 bits per heavy atom. The van der Waals surface area contributed by atoms with E-state index in [1.807, 2.05) is 54.6 Å². The van der Waals surface area contributed by atoms with E-state index in [-0.39, 0.29) is 0 Å². The van der Waals surface area contributed by atoms with Crippen molar-refractivity contribution < 1.29 is 4.42 Å². The molecule has 0 spiro atoms. The maximum absolute atomic E-state index is 5.66. The fraction of sp³-hybridized carbons (Fsp3) is 0. The number of hydrogen-bond acceptors (Lipinski definition) is 3. The van der Waals surface area contributed by atoms with E-state index in [0.29, 0.717) is 11.8 Å². The van der Waals surface area contributed by atoms with Gasteiger partial charge in [-0.05, 0) is 36.4 Å². The summed E-state index contributed by atoms with van der Waals surface area (Å²) in [6.07, 6.45) is 5.32. The summed E-state index contributed by atoms with van der Waals surface area (Å²) in [5.74, 6) is 3.57. The van der Waals surface area contributed by atoms with E-state index >= 15 is 0 Å². The van der Waals surface area contributed by atoms with Crippen LogP contribution >= 0.6 is 0 Å². The summed E-state index contributed by atoms with van der Waals surface area (Å²) in [6.45, 7) is 0. The largest absolute Gasteiger partial charge is 0.416 e. The van der Waals surface area contributed by atoms with Gasteiger partial charge in [0.05, 0.1) is 0 Å². The molecule has 0 radical (unpaired) electrons. The van der Waals surface area contributed by atoms with Crippen LogP contribution in [-0.2, 0) is 0 Å². The fourth-order valence-corrected chi connectivity index (χ4v) is 1.75. The molecule has 1 heterocycles. The highest BCUT2D eigenvalue weighted by Crippen LogP contribution is 2.23. The molecule has 3 nitrogen and oxygen atoms in total. The Morgan fingerprint density at radius 3 is 1.95 bits per heavy atom. The van der Waals surface area contributed by atoms with Crippen molar-refractivity contribution >= 4 is 0 Å². The average molecular weight is 246 g/mol. The Bertz CT molecular complexity index is 721. The van der Waals surface area contributed by atoms with Crippen molar-refractivity contribution in [2.75, 3.05) is 0 Å². The van der Waals surface area contributed by atoms with E-state index in [0.717, 1.165) is 16.7 Å². The Hall–Kier alpha value is -2.86. The number of rotatable bonds is 2. The number of terminal acetylenes is 1. The Morgan fingerprint density at radius 1 is 0.789 bits per heavy atom. The van der Waals surface area contributed by atoms with E-state index in [4.69, 9.17) is 10.8 Å². The second-order valence-corrected chi connectivity index (χ2v) is 4.00. The van der Waals surface area contributed by atoms with E-state index in [1.54, 1.807) is 0 Å². The van der Waals surface area contributed by atoms with Crippen LogP contribution < -0.4 is 0 Å². The third-order valence-corrected chi connectivity index (χ3v) is 2.74. The predicted octanol–water partition coefficient (Wildman–Crippen LogP) is 3.38. The highest BCUT2D eigenvalue weighted by molar-refractivity contribution is 5.58. The Balaban J connectivity index is 1.95. The van der Waals surface area contributed by atoms with Crippen LogP contribution in [0.15, 0.2) is 59.0 Å². The van der Waals surface area contributed by atoms with E-state index < -0.39 is 0 Å². The van der Waals surface area contributed by atoms with Crippen LogP contribution in [0.25, 0.3) is 22.9 Å². The lowest BCUT2D eigenvalue weighted by atomic mass is 10.1. The highest BCUT2D eigenvalue weighted by Gasteiger charge is 2.09. The second kappa shape index (κ2) is 4.79. The molecule has 0 aliphatic heterocycles. The molecule has 0 fully saturated rings. The van der Waals surface area contributed by atoms with Crippen molar-refractivity contribution in [1.82, 2.24) is 10.2 Å². The maximum atomic E-state index is 5.66. The van der Waals surface area contributed by atoms with Gasteiger partial charge in [-0.15, -0.1) is 16.6 Å². The normalized spacial score (nSPS) is 10.1. The van der Waals surface area contributed by atoms with Crippen molar-refractivity contribution in [2.45, 2.75) is 0 Å². The van der Waals surface area contributed by atoms with Gasteiger partial charge in [0.1, 0.15) is 0 Å². The Kier molecular flexibility index (Phi) is 2.83. The molecule has 0 saturated heterocycles. The summed E-state index contributed by atoms with van der Waals surface area (Å²) in [6, 6.07) is 17.1. The molecule has 1 aromatic heterocycles. The van der Waals surface area contributed by atoms with Crippen LogP contribution in [0.4, 0.5) is 0 Å². The van der Waals surface area contributed by atoms with Gasteiger partial charge in [-0.3, -0.25) is 0 Å². The highest BCUT2D eigenvalue weighted by atomic mass is 16.4. The van der Waals surface area contributed by atoms with Crippen molar-refractivity contribution in [2.24, 2.45) is 0 Å². The molecule has 0 atom stereocenters. The zero-order valence-corrected chi connectivity index (χ0v) is 10.1. The zero-order chi connectivity index (χ0) is 13.1. The van der Waals surface area contributed by atoms with Crippen LogP contribution in [0.3, 0.4) is 0 Å². The molecular weight excluding hydrogens is 236 g/mol. The lowest BCUT2D eigenvalue weighted by Crippen LogP contribution is -1.78. The van der Waals surface area contributed by atoms with E-state index in [2.05, 4.69) is 16.1 Å². The van der Waals surface area contributed by atoms with Crippen LogP contribution in [0.2, 0.25) is 0 Å². The zero-order valence-electron chi connectivity index (χ0n) is 10.1. The third kappa shape index (κ3) is 2.24. The molecule has 0 aliphatic carbocycles. The summed E-state index contributed by atoms with van der Waals surface area (Å²) >= 11 is 0. The number of aromatic nitrogens is 2. The first kappa shape index (κ1) is 11.2. The number of hydrogen-bond donors (Lipinski definition) is 0. The Labute approximate surface area is 110 Å². The van der Waals surface area contributed by atoms with Gasteiger partial charge in [0.15, 0.2) is 0 Å². The summed E-state index contributed by atoms with van der Waals surface area (Å²) in [5, 5.41) is 8.10. The van der Waals surface area contributed by atoms with Crippen LogP contribution in [0, 0.1) is 12.3 Å². The van der Waals surface area contributed by atoms with Crippen LogP contribution in [0.5, 0.6) is 0 Å². The molecule has 3 heteroatoms. The van der Waals surface area contributed by atoms with Crippen LogP contribution in [-0.4, -0.2) is 10.2 Å². The minimum absolute atomic E-state index is 0.488. The molecule has 3 aromatic rings. The summed E-state index contributed by atoms with van der Waals surface area (Å²) in [5.41, 5.74) is 2.58. The van der Waals surface area contributed by atoms with Crippen molar-refractivity contribution in [3.63, 3.8) is 0 Å². The monoisotopic (exact) mass is 246 g/mol. The van der Waals surface area contributed by atoms with Gasteiger partial charge in [0, 0.05) is 16.7 Å². The lowest BCUT2D eigenvalue weighted by molar-refractivity contribution is 0.584. The van der Waals surface area contributed by atoms with Crippen molar-refractivity contribution in [1.29, 1.82) is 0 Å². The molecule has 0 amide bonds. The van der Waals surface area contributed by atoms with Crippen LogP contribution in [0.1, 0.15) is 5.56 Å². The van der Waals surface area contributed by atoms with Gasteiger partial charge in [-0.2, -0.15) is 0 Å². The van der Waals surface area contributed by atoms with E-state index in [1.165, 1.54) is 0 Å². The molecule has 3 rings (SSSR count). The standard InChI is InChI=1S/C16H10N2O/c1-2-12-8-10-14(11-9-12)16-18-17-15(19-16)13-6-4-3-5-7-13/h1,3-11H. The fourth-order valence-electron chi connectivity index (χ4n) is 1.75. The van der Waals surface area contributed by atoms with Crippen molar-refractivity contribution in [3.8, 4) is 35.3 Å². The number of benzene rings is 2. The summed E-state index contributed by atoms with van der Waals surface area (Å²) < 4.78 is 5.66. The van der Waals surface area contributed by atoms with Gasteiger partial charge in [-0.1, -0.05) is 24.1 Å².